The first-order valence-electron chi connectivity index (χ1n) is 5.82. The summed E-state index contributed by atoms with van der Waals surface area (Å²) in [6.07, 6.45) is 3.56. The molecule has 0 aromatic carbocycles. The van der Waals surface area contributed by atoms with Gasteiger partial charge in [-0.05, 0) is 19.9 Å². The minimum Gasteiger partial charge on any atom is -0.372 e. The molecule has 0 spiro atoms. The number of nitrogens with zero attached hydrogens (tertiary/aromatic N) is 3. The van der Waals surface area contributed by atoms with Crippen molar-refractivity contribution in [3.8, 4) is 0 Å². The van der Waals surface area contributed by atoms with E-state index in [1.54, 1.807) is 12.4 Å². The van der Waals surface area contributed by atoms with Gasteiger partial charge >= 0.3 is 0 Å². The number of fused-ring (bicyclic) bond motifs is 1. The molecule has 5 heteroatoms. The highest BCUT2D eigenvalue weighted by Crippen LogP contribution is 2.20. The van der Waals surface area contributed by atoms with Gasteiger partial charge in [-0.1, -0.05) is 0 Å². The summed E-state index contributed by atoms with van der Waals surface area (Å²) in [5, 5.41) is 0. The number of imidazole rings is 1. The molecule has 92 valence electrons. The summed E-state index contributed by atoms with van der Waals surface area (Å²) in [5.74, 6) is 0.927. The molecule has 0 radical (unpaired) electrons. The molecule has 17 heavy (non-hydrogen) atoms. The molecule has 0 aliphatic rings. The maximum atomic E-state index is 5.46. The van der Waals surface area contributed by atoms with Gasteiger partial charge in [0.05, 0.1) is 18.3 Å². The van der Waals surface area contributed by atoms with E-state index in [2.05, 4.69) is 28.4 Å². The summed E-state index contributed by atoms with van der Waals surface area (Å²) < 4.78 is 7.63. The average Bonchev–Trinajstić information content (AvgIpc) is 2.67. The second-order valence-corrected chi connectivity index (χ2v) is 4.20. The summed E-state index contributed by atoms with van der Waals surface area (Å²) in [7, 11) is 0. The minimum absolute atomic E-state index is 0.346. The van der Waals surface area contributed by atoms with E-state index >= 15 is 0 Å². The lowest BCUT2D eigenvalue weighted by atomic mass is 10.3. The highest BCUT2D eigenvalue weighted by Gasteiger charge is 2.12. The third-order valence-electron chi connectivity index (χ3n) is 2.57. The van der Waals surface area contributed by atoms with E-state index in [0.717, 1.165) is 16.9 Å². The number of rotatable bonds is 5. The molecule has 2 aromatic rings. The topological polar surface area (TPSA) is 66.0 Å². The van der Waals surface area contributed by atoms with Crippen LogP contribution in [0.4, 0.5) is 0 Å². The van der Waals surface area contributed by atoms with Crippen molar-refractivity contribution in [3.63, 3.8) is 0 Å². The standard InChI is InChI=1S/C12H18N4O/c1-9(2)16-11-3-5-14-7-10(11)15-12(16)8-17-6-4-13/h3,5,7,9H,4,6,8,13H2,1-2H3. The van der Waals surface area contributed by atoms with E-state index < -0.39 is 0 Å². The van der Waals surface area contributed by atoms with Gasteiger partial charge in [0, 0.05) is 18.8 Å². The molecular weight excluding hydrogens is 216 g/mol. The van der Waals surface area contributed by atoms with Gasteiger partial charge in [-0.2, -0.15) is 0 Å². The monoisotopic (exact) mass is 234 g/mol. The number of ether oxygens (including phenoxy) is 1. The van der Waals surface area contributed by atoms with Crippen molar-refractivity contribution in [1.82, 2.24) is 14.5 Å². The molecule has 5 nitrogen and oxygen atoms in total. The Morgan fingerprint density at radius 3 is 3.00 bits per heavy atom. The van der Waals surface area contributed by atoms with Crippen LogP contribution in [0.1, 0.15) is 25.7 Å². The highest BCUT2D eigenvalue weighted by molar-refractivity contribution is 5.74. The first-order chi connectivity index (χ1) is 8.24. The Morgan fingerprint density at radius 1 is 1.47 bits per heavy atom. The molecular formula is C12H18N4O. The predicted octanol–water partition coefficient (Wildman–Crippen LogP) is 1.49. The molecule has 2 rings (SSSR count). The molecule has 0 saturated heterocycles. The van der Waals surface area contributed by atoms with Gasteiger partial charge in [0.15, 0.2) is 0 Å². The van der Waals surface area contributed by atoms with Crippen LogP contribution in [-0.4, -0.2) is 27.7 Å². The van der Waals surface area contributed by atoms with E-state index in [4.69, 9.17) is 10.5 Å². The Kier molecular flexibility index (Phi) is 3.71. The second-order valence-electron chi connectivity index (χ2n) is 4.20. The third kappa shape index (κ3) is 2.45. The maximum Gasteiger partial charge on any atom is 0.136 e. The van der Waals surface area contributed by atoms with Crippen LogP contribution in [0.25, 0.3) is 11.0 Å². The summed E-state index contributed by atoms with van der Waals surface area (Å²) in [5.41, 5.74) is 7.41. The molecule has 0 amide bonds. The van der Waals surface area contributed by atoms with Crippen LogP contribution >= 0.6 is 0 Å². The van der Waals surface area contributed by atoms with Crippen molar-refractivity contribution in [2.24, 2.45) is 5.73 Å². The van der Waals surface area contributed by atoms with Crippen molar-refractivity contribution >= 4 is 11.0 Å². The minimum atomic E-state index is 0.346. The SMILES string of the molecule is CC(C)n1c(COCCN)nc2cnccc21. The van der Waals surface area contributed by atoms with Gasteiger partial charge in [0.1, 0.15) is 17.9 Å². The first-order valence-corrected chi connectivity index (χ1v) is 5.82. The second kappa shape index (κ2) is 5.25. The van der Waals surface area contributed by atoms with Crippen molar-refractivity contribution in [2.75, 3.05) is 13.2 Å². The molecule has 0 bridgehead atoms. The van der Waals surface area contributed by atoms with E-state index in [1.165, 1.54) is 0 Å². The van der Waals surface area contributed by atoms with Crippen LogP contribution in [0.5, 0.6) is 0 Å². The van der Waals surface area contributed by atoms with Crippen LogP contribution in [0.2, 0.25) is 0 Å². The first kappa shape index (κ1) is 12.0. The van der Waals surface area contributed by atoms with E-state index in [0.29, 0.717) is 25.8 Å². The summed E-state index contributed by atoms with van der Waals surface area (Å²) in [6, 6.07) is 2.33. The molecule has 2 heterocycles. The maximum absolute atomic E-state index is 5.46. The van der Waals surface area contributed by atoms with Crippen LogP contribution < -0.4 is 5.73 Å². The summed E-state index contributed by atoms with van der Waals surface area (Å²) in [6.45, 7) is 5.84. The van der Waals surface area contributed by atoms with Gasteiger partial charge in [-0.15, -0.1) is 0 Å². The molecule has 0 fully saturated rings. The molecule has 2 N–H and O–H groups in total. The van der Waals surface area contributed by atoms with Crippen LogP contribution in [0.15, 0.2) is 18.5 Å². The highest BCUT2D eigenvalue weighted by atomic mass is 16.5. The number of pyridine rings is 1. The van der Waals surface area contributed by atoms with Crippen molar-refractivity contribution in [1.29, 1.82) is 0 Å². The lowest BCUT2D eigenvalue weighted by Crippen LogP contribution is -2.12. The quantitative estimate of drug-likeness (QED) is 0.796. The summed E-state index contributed by atoms with van der Waals surface area (Å²) in [4.78, 5) is 8.63. The van der Waals surface area contributed by atoms with Crippen LogP contribution in [0.3, 0.4) is 0 Å². The zero-order valence-corrected chi connectivity index (χ0v) is 10.3. The molecule has 0 aliphatic heterocycles. The van der Waals surface area contributed by atoms with Gasteiger partial charge in [-0.3, -0.25) is 4.98 Å². The Balaban J connectivity index is 2.36. The Labute approximate surface area is 101 Å². The number of hydrogen-bond acceptors (Lipinski definition) is 4. The summed E-state index contributed by atoms with van der Waals surface area (Å²) >= 11 is 0. The Hall–Kier alpha value is -1.46. The lowest BCUT2D eigenvalue weighted by Gasteiger charge is -2.12. The molecule has 0 unspecified atom stereocenters. The van der Waals surface area contributed by atoms with Crippen molar-refractivity contribution in [2.45, 2.75) is 26.5 Å². The molecule has 0 aliphatic carbocycles. The smallest absolute Gasteiger partial charge is 0.136 e. The molecule has 2 aromatic heterocycles. The lowest BCUT2D eigenvalue weighted by molar-refractivity contribution is 0.119. The number of hydrogen-bond donors (Lipinski definition) is 1. The van der Waals surface area contributed by atoms with Gasteiger partial charge < -0.3 is 15.0 Å². The molecule has 0 saturated carbocycles. The zero-order valence-electron chi connectivity index (χ0n) is 10.3. The van der Waals surface area contributed by atoms with Crippen molar-refractivity contribution in [3.05, 3.63) is 24.3 Å². The Bertz CT molecular complexity index is 492. The van der Waals surface area contributed by atoms with Gasteiger partial charge in [-0.25, -0.2) is 4.98 Å². The number of aromatic nitrogens is 3. The third-order valence-corrected chi connectivity index (χ3v) is 2.57. The van der Waals surface area contributed by atoms with E-state index in [9.17, 15) is 0 Å². The fourth-order valence-corrected chi connectivity index (χ4v) is 1.93. The largest absolute Gasteiger partial charge is 0.372 e. The average molecular weight is 234 g/mol. The van der Waals surface area contributed by atoms with Crippen LogP contribution in [-0.2, 0) is 11.3 Å². The van der Waals surface area contributed by atoms with E-state index in [-0.39, 0.29) is 0 Å². The van der Waals surface area contributed by atoms with Gasteiger partial charge in [0.2, 0.25) is 0 Å². The Morgan fingerprint density at radius 2 is 2.29 bits per heavy atom. The van der Waals surface area contributed by atoms with Gasteiger partial charge in [0.25, 0.3) is 0 Å². The fourth-order valence-electron chi connectivity index (χ4n) is 1.93. The van der Waals surface area contributed by atoms with Crippen molar-refractivity contribution < 1.29 is 4.74 Å². The predicted molar refractivity (Wildman–Crippen MR) is 66.6 cm³/mol. The molecule has 0 atom stereocenters. The normalized spacial score (nSPS) is 11.5. The fraction of sp³-hybridized carbons (Fsp3) is 0.500. The van der Waals surface area contributed by atoms with Crippen LogP contribution in [0, 0.1) is 0 Å². The number of nitrogens with two attached hydrogens (primary N) is 1. The zero-order chi connectivity index (χ0) is 12.3. The van der Waals surface area contributed by atoms with E-state index in [1.807, 2.05) is 6.07 Å².